The fourth-order valence-electron chi connectivity index (χ4n) is 0.510. The second kappa shape index (κ2) is 3.93. The fourth-order valence-corrected chi connectivity index (χ4v) is 0.510. The van der Waals surface area contributed by atoms with Gasteiger partial charge in [0.25, 0.3) is 0 Å². The Kier molecular flexibility index (Phi) is 4.43. The fraction of sp³-hybridized carbons (Fsp3) is 1.00. The average Bonchev–Trinajstić information content (AvgIpc) is 1.76. The molecule has 0 atom stereocenters. The van der Waals surface area contributed by atoms with Gasteiger partial charge in [0.15, 0.2) is 0 Å². The van der Waals surface area contributed by atoms with Crippen LogP contribution >= 0.6 is 0 Å². The van der Waals surface area contributed by atoms with Crippen LogP contribution in [-0.2, 0) is 4.74 Å². The van der Waals surface area contributed by atoms with Gasteiger partial charge in [-0.25, -0.2) is 0 Å². The predicted octanol–water partition coefficient (Wildman–Crippen LogP) is 0.416. The van der Waals surface area contributed by atoms with Gasteiger partial charge in [-0.15, -0.1) is 0 Å². The topological polar surface area (TPSA) is 9.23 Å². The molecule has 1 fully saturated rings. The molecule has 1 aliphatic heterocycles. The van der Waals surface area contributed by atoms with Crippen molar-refractivity contribution in [3.8, 4) is 0 Å². The molecule has 0 saturated carbocycles. The second-order valence-corrected chi connectivity index (χ2v) is 1.32. The summed E-state index contributed by atoms with van der Waals surface area (Å²) in [6.45, 7) is 2.00. The van der Waals surface area contributed by atoms with Crippen molar-refractivity contribution >= 4 is 23.9 Å². The van der Waals surface area contributed by atoms with Crippen molar-refractivity contribution < 1.29 is 4.74 Å². The van der Waals surface area contributed by atoms with Crippen molar-refractivity contribution in [2.24, 2.45) is 0 Å². The van der Waals surface area contributed by atoms with E-state index in [1.54, 1.807) is 0 Å². The average molecular weight is 191 g/mol. The van der Waals surface area contributed by atoms with Gasteiger partial charge < -0.3 is 4.74 Å². The number of hydrogen-bond donors (Lipinski definition) is 0. The minimum absolute atomic E-state index is 0. The van der Waals surface area contributed by atoms with Crippen molar-refractivity contribution in [2.75, 3.05) is 13.2 Å². The molecular formula is C4H8OSn+4. The summed E-state index contributed by atoms with van der Waals surface area (Å²) in [7, 11) is 0. The summed E-state index contributed by atoms with van der Waals surface area (Å²) in [4.78, 5) is 0. The standard InChI is InChI=1S/C4H8O.Sn/c1-2-4-5-3-1;/h1-4H2;/q;+4. The van der Waals surface area contributed by atoms with Crippen LogP contribution in [0.25, 0.3) is 0 Å². The van der Waals surface area contributed by atoms with Gasteiger partial charge in [-0.2, -0.15) is 0 Å². The molecule has 1 saturated heterocycles. The Hall–Kier alpha value is 0.759. The van der Waals surface area contributed by atoms with Gasteiger partial charge in [0.2, 0.25) is 0 Å². The Bertz CT molecular complexity index is 19.1. The summed E-state index contributed by atoms with van der Waals surface area (Å²) in [5.74, 6) is 0. The first-order chi connectivity index (χ1) is 2.50. The van der Waals surface area contributed by atoms with Gasteiger partial charge >= 0.3 is 23.9 Å². The molecule has 0 radical (unpaired) electrons. The predicted molar refractivity (Wildman–Crippen MR) is 25.8 cm³/mol. The van der Waals surface area contributed by atoms with E-state index in [1.807, 2.05) is 0 Å². The van der Waals surface area contributed by atoms with E-state index in [-0.39, 0.29) is 23.9 Å². The Balaban J connectivity index is 0.000000250. The van der Waals surface area contributed by atoms with Crippen molar-refractivity contribution in [3.05, 3.63) is 0 Å². The molecule has 0 aromatic rings. The SMILES string of the molecule is C1CCOC1.[Sn+4]. The summed E-state index contributed by atoms with van der Waals surface area (Å²) in [5, 5.41) is 0. The molecule has 0 aliphatic carbocycles. The van der Waals surface area contributed by atoms with Crippen molar-refractivity contribution in [2.45, 2.75) is 12.8 Å². The zero-order valence-electron chi connectivity index (χ0n) is 3.74. The molecule has 0 aromatic heterocycles. The monoisotopic (exact) mass is 192 g/mol. The van der Waals surface area contributed by atoms with E-state index in [2.05, 4.69) is 0 Å². The Morgan fingerprint density at radius 3 is 1.67 bits per heavy atom. The molecule has 0 spiro atoms. The third kappa shape index (κ3) is 2.03. The molecule has 2 heteroatoms. The molecule has 1 nitrogen and oxygen atoms in total. The quantitative estimate of drug-likeness (QED) is 0.504. The van der Waals surface area contributed by atoms with Crippen LogP contribution in [0.1, 0.15) is 12.8 Å². The number of rotatable bonds is 0. The minimum atomic E-state index is 0. The summed E-state index contributed by atoms with van der Waals surface area (Å²) in [5.41, 5.74) is 0. The maximum absolute atomic E-state index is 4.94. The van der Waals surface area contributed by atoms with Gasteiger partial charge in [-0.1, -0.05) is 0 Å². The van der Waals surface area contributed by atoms with Crippen molar-refractivity contribution in [1.29, 1.82) is 0 Å². The normalized spacial score (nSPS) is 20.0. The van der Waals surface area contributed by atoms with Gasteiger partial charge in [-0.3, -0.25) is 0 Å². The molecule has 6 heavy (non-hydrogen) atoms. The first kappa shape index (κ1) is 6.76. The summed E-state index contributed by atoms with van der Waals surface area (Å²) < 4.78 is 4.94. The van der Waals surface area contributed by atoms with E-state index in [0.717, 1.165) is 13.2 Å². The number of hydrogen-bond acceptors (Lipinski definition) is 1. The van der Waals surface area contributed by atoms with Crippen LogP contribution in [0, 0.1) is 0 Å². The maximum atomic E-state index is 4.94. The summed E-state index contributed by atoms with van der Waals surface area (Å²) in [6, 6.07) is 0. The molecule has 1 heterocycles. The zero-order chi connectivity index (χ0) is 3.54. The molecule has 0 unspecified atom stereocenters. The molecule has 0 amide bonds. The smallest absolute Gasteiger partial charge is 0.381 e. The van der Waals surface area contributed by atoms with E-state index in [0.29, 0.717) is 0 Å². The van der Waals surface area contributed by atoms with Crippen molar-refractivity contribution in [3.63, 3.8) is 0 Å². The van der Waals surface area contributed by atoms with E-state index < -0.39 is 0 Å². The molecular weight excluding hydrogens is 183 g/mol. The molecule has 30 valence electrons. The van der Waals surface area contributed by atoms with Crippen LogP contribution in [-0.4, -0.2) is 37.1 Å². The first-order valence-electron chi connectivity index (χ1n) is 2.08. The Morgan fingerprint density at radius 1 is 1.00 bits per heavy atom. The number of ether oxygens (including phenoxy) is 1. The van der Waals surface area contributed by atoms with E-state index >= 15 is 0 Å². The Morgan fingerprint density at radius 2 is 1.50 bits per heavy atom. The van der Waals surface area contributed by atoms with Gasteiger partial charge in [-0.05, 0) is 12.8 Å². The van der Waals surface area contributed by atoms with Gasteiger partial charge in [0.1, 0.15) is 0 Å². The first-order valence-corrected chi connectivity index (χ1v) is 2.08. The molecule has 1 rings (SSSR count). The van der Waals surface area contributed by atoms with Crippen LogP contribution in [0.15, 0.2) is 0 Å². The zero-order valence-corrected chi connectivity index (χ0v) is 6.59. The summed E-state index contributed by atoms with van der Waals surface area (Å²) >= 11 is 0. The molecule has 1 aliphatic rings. The van der Waals surface area contributed by atoms with Crippen LogP contribution in [0.5, 0.6) is 0 Å². The third-order valence-corrected chi connectivity index (χ3v) is 0.827. The van der Waals surface area contributed by atoms with E-state index in [4.69, 9.17) is 4.74 Å². The maximum Gasteiger partial charge on any atom is 4.00 e. The Labute approximate surface area is 55.0 Å². The largest absolute Gasteiger partial charge is 4.00 e. The van der Waals surface area contributed by atoms with Crippen LogP contribution in [0.2, 0.25) is 0 Å². The molecule has 0 N–H and O–H groups in total. The van der Waals surface area contributed by atoms with Crippen LogP contribution in [0.4, 0.5) is 0 Å². The van der Waals surface area contributed by atoms with Crippen molar-refractivity contribution in [1.82, 2.24) is 0 Å². The van der Waals surface area contributed by atoms with Gasteiger partial charge in [0, 0.05) is 13.2 Å². The van der Waals surface area contributed by atoms with E-state index in [1.165, 1.54) is 12.8 Å². The third-order valence-electron chi connectivity index (χ3n) is 0.827. The van der Waals surface area contributed by atoms with Crippen LogP contribution in [0.3, 0.4) is 0 Å². The molecule has 0 aromatic carbocycles. The van der Waals surface area contributed by atoms with E-state index in [9.17, 15) is 0 Å². The molecule has 0 bridgehead atoms. The second-order valence-electron chi connectivity index (χ2n) is 1.32. The minimum Gasteiger partial charge on any atom is -0.381 e. The van der Waals surface area contributed by atoms with Crippen LogP contribution < -0.4 is 0 Å². The summed E-state index contributed by atoms with van der Waals surface area (Å²) in [6.07, 6.45) is 2.56. The van der Waals surface area contributed by atoms with Gasteiger partial charge in [0.05, 0.1) is 0 Å².